The molecule has 2 rings (SSSR count). The van der Waals surface area contributed by atoms with Crippen LogP contribution in [-0.4, -0.2) is 16.6 Å². The number of alkyl carbamates (subject to hydrolysis) is 1. The average Bonchev–Trinajstić information content (AvgIpc) is 2.88. The molecule has 0 aromatic heterocycles. The minimum absolute atomic E-state index is 0.0400. The summed E-state index contributed by atoms with van der Waals surface area (Å²) in [6.07, 6.45) is 7.02. The molecule has 2 aliphatic carbocycles. The summed E-state index contributed by atoms with van der Waals surface area (Å²) in [7, 11) is 0. The van der Waals surface area contributed by atoms with Gasteiger partial charge in [-0.15, -0.1) is 0 Å². The summed E-state index contributed by atoms with van der Waals surface area (Å²) in [5.41, 5.74) is 1.94. The highest BCUT2D eigenvalue weighted by molar-refractivity contribution is 5.71. The van der Waals surface area contributed by atoms with Gasteiger partial charge in [0.05, 0.1) is 10.8 Å². The van der Waals surface area contributed by atoms with Gasteiger partial charge in [0.1, 0.15) is 11.3 Å². The van der Waals surface area contributed by atoms with E-state index in [9.17, 15) is 14.9 Å². The van der Waals surface area contributed by atoms with Gasteiger partial charge in [0.15, 0.2) is 0 Å². The molecular weight excluding hydrogens is 296 g/mol. The smallest absolute Gasteiger partial charge is 0.412 e. The molecule has 1 N–H and O–H groups in total. The first kappa shape index (κ1) is 17.2. The van der Waals surface area contributed by atoms with Gasteiger partial charge in [-0.2, -0.15) is 0 Å². The van der Waals surface area contributed by atoms with Crippen LogP contribution >= 0.6 is 0 Å². The van der Waals surface area contributed by atoms with Crippen molar-refractivity contribution in [1.29, 1.82) is 0 Å². The fraction of sp³-hybridized carbons (Fsp3) is 0.588. The van der Waals surface area contributed by atoms with Crippen LogP contribution in [0.1, 0.15) is 53.4 Å². The van der Waals surface area contributed by atoms with Crippen LogP contribution in [0.5, 0.6) is 0 Å². The summed E-state index contributed by atoms with van der Waals surface area (Å²) < 4.78 is 5.21. The SMILES string of the molecule is CC1CC(C2=CCCC2)=CC(NC(=O)OC(C)(C)C)=C1[N+](=O)[O-]. The van der Waals surface area contributed by atoms with Crippen molar-refractivity contribution in [1.82, 2.24) is 5.32 Å². The predicted molar refractivity (Wildman–Crippen MR) is 87.2 cm³/mol. The van der Waals surface area contributed by atoms with Gasteiger partial charge < -0.3 is 4.74 Å². The summed E-state index contributed by atoms with van der Waals surface area (Å²) in [6.45, 7) is 7.08. The standard InChI is InChI=1S/C17H24N2O4/c1-11-9-13(12-7-5-6-8-12)10-14(15(11)19(21)22)18-16(20)23-17(2,3)4/h7,10-11H,5-6,8-9H2,1-4H3,(H,18,20). The largest absolute Gasteiger partial charge is 0.444 e. The van der Waals surface area contributed by atoms with Crippen LogP contribution in [0.25, 0.3) is 0 Å². The van der Waals surface area contributed by atoms with E-state index in [2.05, 4.69) is 11.4 Å². The van der Waals surface area contributed by atoms with Crippen molar-refractivity contribution in [2.45, 2.75) is 59.0 Å². The Labute approximate surface area is 136 Å². The van der Waals surface area contributed by atoms with Crippen LogP contribution < -0.4 is 5.32 Å². The highest BCUT2D eigenvalue weighted by Crippen LogP contribution is 2.36. The summed E-state index contributed by atoms with van der Waals surface area (Å²) in [5, 5.41) is 13.9. The van der Waals surface area contributed by atoms with Crippen molar-refractivity contribution in [3.63, 3.8) is 0 Å². The van der Waals surface area contributed by atoms with Crippen LogP contribution in [0, 0.1) is 16.0 Å². The third-order valence-electron chi connectivity index (χ3n) is 3.87. The van der Waals surface area contributed by atoms with Crippen LogP contribution in [0.2, 0.25) is 0 Å². The van der Waals surface area contributed by atoms with Gasteiger partial charge in [-0.25, -0.2) is 4.79 Å². The van der Waals surface area contributed by atoms with Crippen molar-refractivity contribution < 1.29 is 14.5 Å². The molecule has 0 spiro atoms. The van der Waals surface area contributed by atoms with Crippen molar-refractivity contribution in [2.24, 2.45) is 5.92 Å². The molecule has 0 aliphatic heterocycles. The van der Waals surface area contributed by atoms with Gasteiger partial charge in [0, 0.05) is 0 Å². The van der Waals surface area contributed by atoms with Gasteiger partial charge in [0.25, 0.3) is 5.70 Å². The lowest BCUT2D eigenvalue weighted by Crippen LogP contribution is -2.34. The molecular formula is C17H24N2O4. The van der Waals surface area contributed by atoms with E-state index in [-0.39, 0.29) is 17.3 Å². The minimum Gasteiger partial charge on any atom is -0.444 e. The second kappa shape index (κ2) is 6.56. The van der Waals surface area contributed by atoms with Crippen molar-refractivity contribution in [3.8, 4) is 0 Å². The van der Waals surface area contributed by atoms with E-state index in [1.807, 2.05) is 6.92 Å². The lowest BCUT2D eigenvalue weighted by Gasteiger charge is -2.23. The Morgan fingerprint density at radius 1 is 1.39 bits per heavy atom. The fourth-order valence-electron chi connectivity index (χ4n) is 2.98. The number of carbonyl (C=O) groups is 1. The Balaban J connectivity index is 2.30. The lowest BCUT2D eigenvalue weighted by molar-refractivity contribution is -0.434. The predicted octanol–water partition coefficient (Wildman–Crippen LogP) is 4.08. The topological polar surface area (TPSA) is 81.5 Å². The number of hydrogen-bond donors (Lipinski definition) is 1. The third kappa shape index (κ3) is 4.43. The Kier molecular flexibility index (Phi) is 4.92. The monoisotopic (exact) mass is 320 g/mol. The van der Waals surface area contributed by atoms with Crippen molar-refractivity contribution in [2.75, 3.05) is 0 Å². The number of carbonyl (C=O) groups excluding carboxylic acids is 1. The maximum atomic E-state index is 12.0. The highest BCUT2D eigenvalue weighted by atomic mass is 16.6. The molecule has 6 heteroatoms. The molecule has 1 unspecified atom stereocenters. The van der Waals surface area contributed by atoms with Crippen LogP contribution in [0.15, 0.2) is 34.7 Å². The van der Waals surface area contributed by atoms with E-state index in [1.54, 1.807) is 26.8 Å². The summed E-state index contributed by atoms with van der Waals surface area (Å²) in [6, 6.07) is 0. The molecule has 0 saturated carbocycles. The summed E-state index contributed by atoms with van der Waals surface area (Å²) in [5.74, 6) is -0.253. The van der Waals surface area contributed by atoms with E-state index >= 15 is 0 Å². The van der Waals surface area contributed by atoms with E-state index < -0.39 is 16.6 Å². The zero-order valence-electron chi connectivity index (χ0n) is 14.1. The average molecular weight is 320 g/mol. The number of nitrogens with zero attached hydrogens (tertiary/aromatic N) is 1. The zero-order valence-corrected chi connectivity index (χ0v) is 14.1. The first-order valence-corrected chi connectivity index (χ1v) is 7.96. The van der Waals surface area contributed by atoms with Crippen LogP contribution in [-0.2, 0) is 4.74 Å². The summed E-state index contributed by atoms with van der Waals surface area (Å²) in [4.78, 5) is 23.0. The van der Waals surface area contributed by atoms with Crippen molar-refractivity contribution in [3.05, 3.63) is 44.8 Å². The fourth-order valence-corrected chi connectivity index (χ4v) is 2.98. The number of ether oxygens (including phenoxy) is 1. The van der Waals surface area contributed by atoms with E-state index in [0.29, 0.717) is 6.42 Å². The van der Waals surface area contributed by atoms with E-state index in [4.69, 9.17) is 4.74 Å². The molecule has 1 amide bonds. The Morgan fingerprint density at radius 2 is 2.09 bits per heavy atom. The van der Waals surface area contributed by atoms with Gasteiger partial charge in [-0.3, -0.25) is 15.4 Å². The highest BCUT2D eigenvalue weighted by Gasteiger charge is 2.32. The molecule has 0 fully saturated rings. The molecule has 6 nitrogen and oxygen atoms in total. The molecule has 0 aromatic rings. The van der Waals surface area contributed by atoms with E-state index in [0.717, 1.165) is 24.8 Å². The Morgan fingerprint density at radius 3 is 2.61 bits per heavy atom. The molecule has 1 atom stereocenters. The molecule has 0 aromatic carbocycles. The number of rotatable bonds is 3. The quantitative estimate of drug-likeness (QED) is 0.627. The Hall–Kier alpha value is -2.11. The van der Waals surface area contributed by atoms with Gasteiger partial charge in [0.2, 0.25) is 0 Å². The molecule has 0 saturated heterocycles. The first-order chi connectivity index (χ1) is 10.7. The molecule has 0 bridgehead atoms. The first-order valence-electron chi connectivity index (χ1n) is 7.96. The maximum absolute atomic E-state index is 12.0. The van der Waals surface area contributed by atoms with Gasteiger partial charge in [-0.05, 0) is 63.7 Å². The maximum Gasteiger partial charge on any atom is 0.412 e. The zero-order chi connectivity index (χ0) is 17.2. The second-order valence-corrected chi connectivity index (χ2v) is 7.08. The van der Waals surface area contributed by atoms with Gasteiger partial charge in [-0.1, -0.05) is 13.0 Å². The number of nitro groups is 1. The van der Waals surface area contributed by atoms with Gasteiger partial charge >= 0.3 is 6.09 Å². The van der Waals surface area contributed by atoms with Crippen molar-refractivity contribution >= 4 is 6.09 Å². The van der Waals surface area contributed by atoms with Crippen LogP contribution in [0.3, 0.4) is 0 Å². The number of allylic oxidation sites excluding steroid dienone is 5. The van der Waals surface area contributed by atoms with Crippen LogP contribution in [0.4, 0.5) is 4.79 Å². The lowest BCUT2D eigenvalue weighted by atomic mass is 9.87. The molecule has 23 heavy (non-hydrogen) atoms. The normalized spacial score (nSPS) is 21.7. The number of hydrogen-bond acceptors (Lipinski definition) is 4. The summed E-state index contributed by atoms with van der Waals surface area (Å²) >= 11 is 0. The third-order valence-corrected chi connectivity index (χ3v) is 3.87. The molecule has 2 aliphatic rings. The van der Waals surface area contributed by atoms with E-state index in [1.165, 1.54) is 5.57 Å². The second-order valence-electron chi connectivity index (χ2n) is 7.08. The molecule has 0 heterocycles. The number of nitrogens with one attached hydrogen (secondary N) is 1. The molecule has 126 valence electrons. The molecule has 0 radical (unpaired) electrons. The minimum atomic E-state index is -0.669. The Bertz CT molecular complexity index is 609. The number of amides is 1.